The van der Waals surface area contributed by atoms with Crippen LogP contribution in [0, 0.1) is 23.2 Å². The van der Waals surface area contributed by atoms with E-state index < -0.39 is 23.3 Å². The first-order chi connectivity index (χ1) is 10.8. The third kappa shape index (κ3) is 5.22. The van der Waals surface area contributed by atoms with Crippen LogP contribution in [0.2, 0.25) is 0 Å². The Morgan fingerprint density at radius 2 is 1.78 bits per heavy atom. The Bertz CT molecular complexity index is 391. The number of aliphatic carboxylic acids is 2. The molecule has 1 aliphatic carbocycles. The minimum Gasteiger partial charge on any atom is -0.481 e. The molecule has 0 heterocycles. The number of carbonyl (C=O) groups is 2. The van der Waals surface area contributed by atoms with Gasteiger partial charge in [-0.3, -0.25) is 9.59 Å². The van der Waals surface area contributed by atoms with Gasteiger partial charge in [0, 0.05) is 0 Å². The molecule has 4 nitrogen and oxygen atoms in total. The van der Waals surface area contributed by atoms with Crippen molar-refractivity contribution in [3.63, 3.8) is 0 Å². The number of carboxylic acids is 2. The number of unbranched alkanes of at least 4 members (excludes halogenated alkanes) is 4. The summed E-state index contributed by atoms with van der Waals surface area (Å²) >= 11 is 0. The van der Waals surface area contributed by atoms with Gasteiger partial charge in [0.15, 0.2) is 0 Å². The van der Waals surface area contributed by atoms with Gasteiger partial charge in [-0.1, -0.05) is 59.3 Å². The maximum absolute atomic E-state index is 12.1. The summed E-state index contributed by atoms with van der Waals surface area (Å²) in [5.41, 5.74) is -0.847. The third-order valence-corrected chi connectivity index (χ3v) is 5.47. The zero-order valence-corrected chi connectivity index (χ0v) is 15.0. The lowest BCUT2D eigenvalue weighted by molar-refractivity contribution is -0.165. The molecular formula is C19H34O4. The van der Waals surface area contributed by atoms with Crippen LogP contribution in [0.1, 0.15) is 85.0 Å². The third-order valence-electron chi connectivity index (χ3n) is 5.47. The SMILES string of the molecule is CCCCCCCC1C(C(=O)O)CCCC1(CC(C)C)C(=O)O. The molecule has 0 amide bonds. The highest BCUT2D eigenvalue weighted by Crippen LogP contribution is 2.51. The molecule has 0 spiro atoms. The van der Waals surface area contributed by atoms with Crippen LogP contribution in [-0.4, -0.2) is 22.2 Å². The number of carboxylic acid groups (broad SMARTS) is 2. The summed E-state index contributed by atoms with van der Waals surface area (Å²) in [6, 6.07) is 0. The topological polar surface area (TPSA) is 74.6 Å². The van der Waals surface area contributed by atoms with Crippen molar-refractivity contribution in [1.29, 1.82) is 0 Å². The molecule has 1 rings (SSSR count). The van der Waals surface area contributed by atoms with Gasteiger partial charge in [0.05, 0.1) is 11.3 Å². The van der Waals surface area contributed by atoms with E-state index in [0.717, 1.165) is 25.7 Å². The predicted molar refractivity (Wildman–Crippen MR) is 91.4 cm³/mol. The first-order valence-corrected chi connectivity index (χ1v) is 9.31. The van der Waals surface area contributed by atoms with Crippen molar-refractivity contribution in [1.82, 2.24) is 0 Å². The minimum atomic E-state index is -0.847. The highest BCUT2D eigenvalue weighted by molar-refractivity contribution is 5.78. The van der Waals surface area contributed by atoms with Crippen molar-refractivity contribution in [2.75, 3.05) is 0 Å². The molecule has 3 atom stereocenters. The Kier molecular flexibility index (Phi) is 8.07. The van der Waals surface area contributed by atoms with E-state index in [-0.39, 0.29) is 11.8 Å². The molecule has 0 aromatic heterocycles. The molecule has 134 valence electrons. The quantitative estimate of drug-likeness (QED) is 0.556. The summed E-state index contributed by atoms with van der Waals surface area (Å²) in [7, 11) is 0. The van der Waals surface area contributed by atoms with Gasteiger partial charge in [0.1, 0.15) is 0 Å². The molecule has 1 aliphatic rings. The van der Waals surface area contributed by atoms with Crippen LogP contribution < -0.4 is 0 Å². The first kappa shape index (κ1) is 20.0. The number of hydrogen-bond donors (Lipinski definition) is 2. The lowest BCUT2D eigenvalue weighted by atomic mass is 9.57. The summed E-state index contributed by atoms with van der Waals surface area (Å²) in [5.74, 6) is -2.05. The molecule has 1 fully saturated rings. The number of hydrogen-bond acceptors (Lipinski definition) is 2. The summed E-state index contributed by atoms with van der Waals surface area (Å²) in [6.07, 6.45) is 8.84. The molecule has 0 bridgehead atoms. The van der Waals surface area contributed by atoms with E-state index in [9.17, 15) is 19.8 Å². The average Bonchev–Trinajstić information content (AvgIpc) is 2.47. The van der Waals surface area contributed by atoms with Gasteiger partial charge in [-0.2, -0.15) is 0 Å². The van der Waals surface area contributed by atoms with E-state index >= 15 is 0 Å². The van der Waals surface area contributed by atoms with E-state index in [2.05, 4.69) is 6.92 Å². The van der Waals surface area contributed by atoms with Crippen molar-refractivity contribution >= 4 is 11.9 Å². The largest absolute Gasteiger partial charge is 0.481 e. The van der Waals surface area contributed by atoms with E-state index in [4.69, 9.17) is 0 Å². The van der Waals surface area contributed by atoms with Crippen molar-refractivity contribution in [3.8, 4) is 0 Å². The van der Waals surface area contributed by atoms with E-state index in [1.165, 1.54) is 12.8 Å². The van der Waals surface area contributed by atoms with Crippen LogP contribution in [-0.2, 0) is 9.59 Å². The minimum absolute atomic E-state index is 0.227. The van der Waals surface area contributed by atoms with Gasteiger partial charge in [0.2, 0.25) is 0 Å². The molecule has 0 radical (unpaired) electrons. The molecule has 0 aliphatic heterocycles. The molecule has 4 heteroatoms. The molecule has 3 unspecified atom stereocenters. The standard InChI is InChI=1S/C19H34O4/c1-4-5-6-7-8-11-16-15(17(20)21)10-9-12-19(16,18(22)23)13-14(2)3/h14-16H,4-13H2,1-3H3,(H,20,21)(H,22,23). The smallest absolute Gasteiger partial charge is 0.309 e. The first-order valence-electron chi connectivity index (χ1n) is 9.31. The van der Waals surface area contributed by atoms with E-state index in [1.807, 2.05) is 13.8 Å². The van der Waals surface area contributed by atoms with E-state index in [0.29, 0.717) is 25.7 Å². The fourth-order valence-electron chi connectivity index (χ4n) is 4.48. The maximum atomic E-state index is 12.1. The Morgan fingerprint density at radius 3 is 2.30 bits per heavy atom. The second-order valence-electron chi connectivity index (χ2n) is 7.71. The van der Waals surface area contributed by atoms with Crippen LogP contribution in [0.25, 0.3) is 0 Å². The normalized spacial score (nSPS) is 28.0. The number of rotatable bonds is 10. The van der Waals surface area contributed by atoms with Gasteiger partial charge in [0.25, 0.3) is 0 Å². The molecule has 0 aromatic rings. The predicted octanol–water partition coefficient (Wildman–Crippen LogP) is 4.96. The lowest BCUT2D eigenvalue weighted by Gasteiger charge is -2.45. The van der Waals surface area contributed by atoms with Crippen molar-refractivity contribution in [2.24, 2.45) is 23.2 Å². The highest BCUT2D eigenvalue weighted by Gasteiger charge is 2.52. The van der Waals surface area contributed by atoms with Crippen LogP contribution in [0.5, 0.6) is 0 Å². The van der Waals surface area contributed by atoms with Crippen molar-refractivity contribution in [2.45, 2.75) is 85.0 Å². The van der Waals surface area contributed by atoms with Crippen LogP contribution in [0.4, 0.5) is 0 Å². The molecule has 2 N–H and O–H groups in total. The summed E-state index contributed by atoms with van der Waals surface area (Å²) in [4.78, 5) is 23.8. The maximum Gasteiger partial charge on any atom is 0.309 e. The fraction of sp³-hybridized carbons (Fsp3) is 0.895. The van der Waals surface area contributed by atoms with Gasteiger partial charge in [-0.05, 0) is 37.5 Å². The Labute approximate surface area is 140 Å². The summed E-state index contributed by atoms with van der Waals surface area (Å²) in [5, 5.41) is 19.6. The van der Waals surface area contributed by atoms with Gasteiger partial charge >= 0.3 is 11.9 Å². The van der Waals surface area contributed by atoms with Crippen molar-refractivity contribution < 1.29 is 19.8 Å². The monoisotopic (exact) mass is 326 g/mol. The van der Waals surface area contributed by atoms with Gasteiger partial charge in [-0.15, -0.1) is 0 Å². The Hall–Kier alpha value is -1.06. The Morgan fingerprint density at radius 1 is 1.13 bits per heavy atom. The van der Waals surface area contributed by atoms with Gasteiger partial charge < -0.3 is 10.2 Å². The average molecular weight is 326 g/mol. The Balaban J connectivity index is 2.92. The summed E-state index contributed by atoms with van der Waals surface area (Å²) in [6.45, 7) is 6.24. The molecule has 0 saturated heterocycles. The second-order valence-corrected chi connectivity index (χ2v) is 7.71. The van der Waals surface area contributed by atoms with Gasteiger partial charge in [-0.25, -0.2) is 0 Å². The van der Waals surface area contributed by atoms with Crippen molar-refractivity contribution in [3.05, 3.63) is 0 Å². The zero-order valence-electron chi connectivity index (χ0n) is 15.0. The second kappa shape index (κ2) is 9.29. The van der Waals surface area contributed by atoms with Crippen LogP contribution in [0.3, 0.4) is 0 Å². The van der Waals surface area contributed by atoms with Crippen LogP contribution >= 0.6 is 0 Å². The molecule has 23 heavy (non-hydrogen) atoms. The van der Waals surface area contributed by atoms with E-state index in [1.54, 1.807) is 0 Å². The molecular weight excluding hydrogens is 292 g/mol. The molecule has 1 saturated carbocycles. The van der Waals surface area contributed by atoms with Crippen LogP contribution in [0.15, 0.2) is 0 Å². The highest BCUT2D eigenvalue weighted by atomic mass is 16.4. The summed E-state index contributed by atoms with van der Waals surface area (Å²) < 4.78 is 0. The zero-order chi connectivity index (χ0) is 17.5. The lowest BCUT2D eigenvalue weighted by Crippen LogP contribution is -2.48. The molecule has 0 aromatic carbocycles. The fourth-order valence-corrected chi connectivity index (χ4v) is 4.48.